The van der Waals surface area contributed by atoms with Crippen LogP contribution < -0.4 is 10.5 Å². The average Bonchev–Trinajstić information content (AvgIpc) is 3.30. The molecule has 0 aromatic heterocycles. The molecular formula is C17H25NO2S. The summed E-state index contributed by atoms with van der Waals surface area (Å²) in [6.45, 7) is 2.73. The SMILES string of the molecule is CSC(C)(CCc1ccc(OCCC2CC2)cc1)C(N)=O. The van der Waals surface area contributed by atoms with Crippen molar-refractivity contribution in [3.8, 4) is 5.75 Å². The lowest BCUT2D eigenvalue weighted by atomic mass is 9.99. The molecule has 3 nitrogen and oxygen atoms in total. The number of carbonyl (C=O) groups is 1. The largest absolute Gasteiger partial charge is 0.494 e. The normalized spacial score (nSPS) is 17.2. The monoisotopic (exact) mass is 307 g/mol. The first kappa shape index (κ1) is 16.2. The van der Waals surface area contributed by atoms with Gasteiger partial charge in [-0.25, -0.2) is 0 Å². The van der Waals surface area contributed by atoms with Gasteiger partial charge in [-0.05, 0) is 56.1 Å². The van der Waals surface area contributed by atoms with Crippen LogP contribution in [0.1, 0.15) is 38.2 Å². The molecule has 21 heavy (non-hydrogen) atoms. The van der Waals surface area contributed by atoms with Crippen LogP contribution in [0, 0.1) is 5.92 Å². The Morgan fingerprint density at radius 1 is 1.38 bits per heavy atom. The molecule has 1 aromatic carbocycles. The van der Waals surface area contributed by atoms with Crippen LogP contribution in [-0.2, 0) is 11.2 Å². The molecule has 0 bridgehead atoms. The van der Waals surface area contributed by atoms with E-state index in [1.165, 1.54) is 36.6 Å². The molecule has 1 amide bonds. The van der Waals surface area contributed by atoms with E-state index in [4.69, 9.17) is 10.5 Å². The average molecular weight is 307 g/mol. The maximum absolute atomic E-state index is 11.5. The predicted molar refractivity (Wildman–Crippen MR) is 88.7 cm³/mol. The van der Waals surface area contributed by atoms with Crippen LogP contribution in [-0.4, -0.2) is 23.5 Å². The lowest BCUT2D eigenvalue weighted by molar-refractivity contribution is -0.120. The maximum atomic E-state index is 11.5. The van der Waals surface area contributed by atoms with E-state index in [0.29, 0.717) is 0 Å². The first-order chi connectivity index (χ1) is 10.0. The Morgan fingerprint density at radius 2 is 2.05 bits per heavy atom. The molecule has 1 atom stereocenters. The Bertz CT molecular complexity index is 470. The Hall–Kier alpha value is -1.16. The minimum atomic E-state index is -0.487. The fraction of sp³-hybridized carbons (Fsp3) is 0.588. The zero-order valence-electron chi connectivity index (χ0n) is 12.9. The first-order valence-corrected chi connectivity index (χ1v) is 8.83. The summed E-state index contributed by atoms with van der Waals surface area (Å²) in [6, 6.07) is 8.19. The van der Waals surface area contributed by atoms with Crippen molar-refractivity contribution in [2.75, 3.05) is 12.9 Å². The molecule has 4 heteroatoms. The smallest absolute Gasteiger partial charge is 0.233 e. The molecule has 1 saturated carbocycles. The third kappa shape index (κ3) is 4.95. The summed E-state index contributed by atoms with van der Waals surface area (Å²) in [5.74, 6) is 1.60. The highest BCUT2D eigenvalue weighted by molar-refractivity contribution is 8.00. The second-order valence-electron chi connectivity index (χ2n) is 6.02. The number of hydrogen-bond acceptors (Lipinski definition) is 3. The molecular weight excluding hydrogens is 282 g/mol. The molecule has 1 aliphatic rings. The molecule has 0 heterocycles. The van der Waals surface area contributed by atoms with Gasteiger partial charge in [-0.1, -0.05) is 25.0 Å². The number of primary amides is 1. The van der Waals surface area contributed by atoms with Crippen molar-refractivity contribution >= 4 is 17.7 Å². The Labute approximate surface area is 131 Å². The van der Waals surface area contributed by atoms with Gasteiger partial charge in [0.25, 0.3) is 0 Å². The standard InChI is InChI=1S/C17H25NO2S/c1-17(21-2,16(18)19)11-9-13-5-7-15(8-6-13)20-12-10-14-3-4-14/h5-8,14H,3-4,9-12H2,1-2H3,(H2,18,19). The van der Waals surface area contributed by atoms with Crippen LogP contribution in [0.4, 0.5) is 0 Å². The van der Waals surface area contributed by atoms with Gasteiger partial charge in [0, 0.05) is 0 Å². The van der Waals surface area contributed by atoms with Crippen LogP contribution in [0.2, 0.25) is 0 Å². The summed E-state index contributed by atoms with van der Waals surface area (Å²) in [7, 11) is 0. The molecule has 0 saturated heterocycles. The third-order valence-corrected chi connectivity index (χ3v) is 5.58. The number of benzene rings is 1. The summed E-state index contributed by atoms with van der Waals surface area (Å²) in [5.41, 5.74) is 6.69. The molecule has 2 N–H and O–H groups in total. The fourth-order valence-electron chi connectivity index (χ4n) is 2.21. The lowest BCUT2D eigenvalue weighted by Gasteiger charge is -2.23. The molecule has 1 unspecified atom stereocenters. The van der Waals surface area contributed by atoms with Crippen molar-refractivity contribution in [3.63, 3.8) is 0 Å². The van der Waals surface area contributed by atoms with Crippen LogP contribution in [0.3, 0.4) is 0 Å². The van der Waals surface area contributed by atoms with Gasteiger partial charge in [-0.15, -0.1) is 11.8 Å². The molecule has 1 aromatic rings. The second-order valence-corrected chi connectivity index (χ2v) is 7.33. The van der Waals surface area contributed by atoms with Gasteiger partial charge in [-0.3, -0.25) is 4.79 Å². The lowest BCUT2D eigenvalue weighted by Crippen LogP contribution is -2.38. The van der Waals surface area contributed by atoms with Gasteiger partial charge in [0.15, 0.2) is 0 Å². The highest BCUT2D eigenvalue weighted by Gasteiger charge is 2.29. The summed E-state index contributed by atoms with van der Waals surface area (Å²) < 4.78 is 5.25. The van der Waals surface area contributed by atoms with Gasteiger partial charge in [0.1, 0.15) is 5.75 Å². The zero-order chi connectivity index (χ0) is 15.3. The minimum absolute atomic E-state index is 0.241. The van der Waals surface area contributed by atoms with Crippen molar-refractivity contribution in [2.24, 2.45) is 11.7 Å². The number of rotatable bonds is 9. The maximum Gasteiger partial charge on any atom is 0.233 e. The topological polar surface area (TPSA) is 52.3 Å². The third-order valence-electron chi connectivity index (χ3n) is 4.28. The van der Waals surface area contributed by atoms with Crippen molar-refractivity contribution in [1.82, 2.24) is 0 Å². The van der Waals surface area contributed by atoms with Gasteiger partial charge < -0.3 is 10.5 Å². The van der Waals surface area contributed by atoms with Crippen LogP contribution in [0.25, 0.3) is 0 Å². The fourth-order valence-corrected chi connectivity index (χ4v) is 2.72. The number of ether oxygens (including phenoxy) is 1. The minimum Gasteiger partial charge on any atom is -0.494 e. The van der Waals surface area contributed by atoms with Crippen molar-refractivity contribution in [2.45, 2.75) is 43.8 Å². The van der Waals surface area contributed by atoms with E-state index in [1.807, 2.05) is 25.3 Å². The Kier molecular flexibility index (Phi) is 5.57. The highest BCUT2D eigenvalue weighted by Crippen LogP contribution is 2.32. The van der Waals surface area contributed by atoms with Crippen LogP contribution >= 0.6 is 11.8 Å². The highest BCUT2D eigenvalue weighted by atomic mass is 32.2. The summed E-state index contributed by atoms with van der Waals surface area (Å²) in [4.78, 5) is 11.5. The number of aryl methyl sites for hydroxylation is 1. The molecule has 116 valence electrons. The Morgan fingerprint density at radius 3 is 2.57 bits per heavy atom. The van der Waals surface area contributed by atoms with E-state index in [2.05, 4.69) is 12.1 Å². The number of hydrogen-bond donors (Lipinski definition) is 1. The number of nitrogens with two attached hydrogens (primary N) is 1. The van der Waals surface area contributed by atoms with Gasteiger partial charge in [-0.2, -0.15) is 0 Å². The van der Waals surface area contributed by atoms with E-state index in [1.54, 1.807) is 0 Å². The van der Waals surface area contributed by atoms with Crippen LogP contribution in [0.5, 0.6) is 5.75 Å². The summed E-state index contributed by atoms with van der Waals surface area (Å²) in [5, 5.41) is 0. The quantitative estimate of drug-likeness (QED) is 0.760. The molecule has 2 rings (SSSR count). The van der Waals surface area contributed by atoms with Gasteiger partial charge in [0.2, 0.25) is 5.91 Å². The molecule has 1 fully saturated rings. The number of thioether (sulfide) groups is 1. The molecule has 0 aliphatic heterocycles. The van der Waals surface area contributed by atoms with Crippen molar-refractivity contribution in [3.05, 3.63) is 29.8 Å². The van der Waals surface area contributed by atoms with E-state index in [0.717, 1.165) is 31.1 Å². The molecule has 0 radical (unpaired) electrons. The predicted octanol–water partition coefficient (Wildman–Crippen LogP) is 3.41. The summed E-state index contributed by atoms with van der Waals surface area (Å²) >= 11 is 1.52. The van der Waals surface area contributed by atoms with E-state index >= 15 is 0 Å². The van der Waals surface area contributed by atoms with Gasteiger partial charge >= 0.3 is 0 Å². The Balaban J connectivity index is 1.79. The number of amides is 1. The zero-order valence-corrected chi connectivity index (χ0v) is 13.7. The summed E-state index contributed by atoms with van der Waals surface area (Å²) in [6.07, 6.45) is 7.45. The van der Waals surface area contributed by atoms with Crippen LogP contribution in [0.15, 0.2) is 24.3 Å². The second kappa shape index (κ2) is 7.21. The van der Waals surface area contributed by atoms with E-state index in [9.17, 15) is 4.79 Å². The van der Waals surface area contributed by atoms with Crippen molar-refractivity contribution in [1.29, 1.82) is 0 Å². The number of carbonyl (C=O) groups excluding carboxylic acids is 1. The molecule has 0 spiro atoms. The molecule has 1 aliphatic carbocycles. The van der Waals surface area contributed by atoms with E-state index in [-0.39, 0.29) is 5.91 Å². The van der Waals surface area contributed by atoms with Crippen molar-refractivity contribution < 1.29 is 9.53 Å². The van der Waals surface area contributed by atoms with Gasteiger partial charge in [0.05, 0.1) is 11.4 Å². The first-order valence-electron chi connectivity index (χ1n) is 7.60. The van der Waals surface area contributed by atoms with E-state index < -0.39 is 4.75 Å².